The first-order valence-corrected chi connectivity index (χ1v) is 4.17. The molecule has 0 aromatic rings. The minimum absolute atomic E-state index is 0.182. The molecule has 7 heteroatoms. The van der Waals surface area contributed by atoms with Crippen molar-refractivity contribution in [2.75, 3.05) is 6.54 Å². The molecule has 0 heterocycles. The summed E-state index contributed by atoms with van der Waals surface area (Å²) in [6.07, 6.45) is 0.182. The Labute approximate surface area is 54.4 Å². The molecular weight excluding hydrogens is 177 g/mol. The van der Waals surface area contributed by atoms with Crippen molar-refractivity contribution in [1.29, 1.82) is 0 Å². The minimum Gasteiger partial charge on any atom is -0.327 e. The summed E-state index contributed by atoms with van der Waals surface area (Å²) in [5, 5.41) is -1.06. The Morgan fingerprint density at radius 1 is 1.10 bits per heavy atom. The van der Waals surface area contributed by atoms with Gasteiger partial charge in [-0.1, -0.05) is 25.5 Å². The van der Waals surface area contributed by atoms with E-state index in [0.717, 1.165) is 0 Å². The van der Waals surface area contributed by atoms with Gasteiger partial charge in [-0.05, 0) is 0 Å². The molecule has 0 radical (unpaired) electrons. The van der Waals surface area contributed by atoms with Gasteiger partial charge in [-0.15, -0.1) is 0 Å². The molecule has 0 aromatic carbocycles. The molecule has 0 aromatic heterocycles. The van der Waals surface area contributed by atoms with E-state index in [1.54, 1.807) is 0 Å². The summed E-state index contributed by atoms with van der Waals surface area (Å²) in [7, 11) is -9.32. The Morgan fingerprint density at radius 2 is 1.50 bits per heavy atom. The lowest BCUT2D eigenvalue weighted by Crippen LogP contribution is -2.01. The molecule has 1 nitrogen and oxygen atoms in total. The SMILES string of the molecule is NC/C=C/S(F)(F)(F)(F)F. The zero-order chi connectivity index (χ0) is 8.53. The van der Waals surface area contributed by atoms with Crippen LogP contribution in [0.4, 0.5) is 19.4 Å². The van der Waals surface area contributed by atoms with Gasteiger partial charge in [0.05, 0.1) is 5.41 Å². The number of halogens is 5. The molecule has 0 bridgehead atoms. The fourth-order valence-electron chi connectivity index (χ4n) is 0.237. The van der Waals surface area contributed by atoms with Gasteiger partial charge in [0.15, 0.2) is 0 Å². The molecule has 0 aliphatic rings. The van der Waals surface area contributed by atoms with Gasteiger partial charge in [0.2, 0.25) is 0 Å². The summed E-state index contributed by atoms with van der Waals surface area (Å²) in [4.78, 5) is 0. The third-order valence-electron chi connectivity index (χ3n) is 0.489. The lowest BCUT2D eigenvalue weighted by atomic mass is 10.7. The molecule has 0 spiro atoms. The van der Waals surface area contributed by atoms with Crippen molar-refractivity contribution >= 4 is 10.2 Å². The third kappa shape index (κ3) is 7.70. The van der Waals surface area contributed by atoms with Gasteiger partial charge in [0, 0.05) is 6.54 Å². The van der Waals surface area contributed by atoms with Crippen LogP contribution in [0.5, 0.6) is 0 Å². The number of rotatable bonds is 2. The highest BCUT2D eigenvalue weighted by atomic mass is 32.5. The van der Waals surface area contributed by atoms with E-state index in [-0.39, 0.29) is 6.08 Å². The van der Waals surface area contributed by atoms with E-state index < -0.39 is 22.2 Å². The predicted octanol–water partition coefficient (Wildman–Crippen LogP) is 2.76. The van der Waals surface area contributed by atoms with Gasteiger partial charge < -0.3 is 5.73 Å². The summed E-state index contributed by atoms with van der Waals surface area (Å²) in [5.41, 5.74) is 4.55. The summed E-state index contributed by atoms with van der Waals surface area (Å²) < 4.78 is 56.3. The highest BCUT2D eigenvalue weighted by Crippen LogP contribution is 2.98. The third-order valence-corrected chi connectivity index (χ3v) is 1.20. The second-order valence-corrected chi connectivity index (χ2v) is 3.97. The van der Waals surface area contributed by atoms with Crippen molar-refractivity contribution < 1.29 is 19.4 Å². The van der Waals surface area contributed by atoms with E-state index in [0.29, 0.717) is 0 Å². The van der Waals surface area contributed by atoms with Crippen LogP contribution in [0.1, 0.15) is 0 Å². The van der Waals surface area contributed by atoms with Gasteiger partial charge in [-0.2, -0.15) is 0 Å². The quantitative estimate of drug-likeness (QED) is 0.654. The second kappa shape index (κ2) is 1.65. The van der Waals surface area contributed by atoms with E-state index in [2.05, 4.69) is 5.73 Å². The van der Waals surface area contributed by atoms with Crippen LogP contribution in [0.2, 0.25) is 0 Å². The molecule has 0 aliphatic carbocycles. The number of hydrogen-bond donors (Lipinski definition) is 1. The maximum atomic E-state index is 11.3. The maximum Gasteiger partial charge on any atom is 0.304 e. The van der Waals surface area contributed by atoms with Crippen molar-refractivity contribution in [2.45, 2.75) is 0 Å². The van der Waals surface area contributed by atoms with Crippen LogP contribution >= 0.6 is 10.2 Å². The second-order valence-electron chi connectivity index (χ2n) is 1.64. The molecule has 2 N–H and O–H groups in total. The zero-order valence-electron chi connectivity index (χ0n) is 4.74. The molecule has 0 fully saturated rings. The van der Waals surface area contributed by atoms with Gasteiger partial charge >= 0.3 is 10.2 Å². The maximum absolute atomic E-state index is 11.3. The monoisotopic (exact) mass is 183 g/mol. The van der Waals surface area contributed by atoms with Gasteiger partial charge in [-0.3, -0.25) is 0 Å². The van der Waals surface area contributed by atoms with E-state index in [9.17, 15) is 19.4 Å². The van der Waals surface area contributed by atoms with Gasteiger partial charge in [-0.25, -0.2) is 0 Å². The van der Waals surface area contributed by atoms with Crippen molar-refractivity contribution in [3.8, 4) is 0 Å². The average molecular weight is 183 g/mol. The molecule has 10 heavy (non-hydrogen) atoms. The van der Waals surface area contributed by atoms with Crippen molar-refractivity contribution in [3.63, 3.8) is 0 Å². The van der Waals surface area contributed by atoms with Crippen LogP contribution in [-0.2, 0) is 0 Å². The Morgan fingerprint density at radius 3 is 1.60 bits per heavy atom. The van der Waals surface area contributed by atoms with Crippen LogP contribution in [0, 0.1) is 0 Å². The highest BCUT2D eigenvalue weighted by molar-refractivity contribution is 8.48. The largest absolute Gasteiger partial charge is 0.327 e. The van der Waals surface area contributed by atoms with Crippen LogP contribution in [0.25, 0.3) is 0 Å². The first-order valence-electron chi connectivity index (χ1n) is 2.16. The minimum atomic E-state index is -9.32. The summed E-state index contributed by atoms with van der Waals surface area (Å²) in [5.74, 6) is 0. The molecule has 64 valence electrons. The van der Waals surface area contributed by atoms with Crippen LogP contribution < -0.4 is 5.73 Å². The fraction of sp³-hybridized carbons (Fsp3) is 0.333. The van der Waals surface area contributed by atoms with Crippen molar-refractivity contribution in [3.05, 3.63) is 11.5 Å². The molecule has 0 amide bonds. The first kappa shape index (κ1) is 9.70. The van der Waals surface area contributed by atoms with E-state index in [1.165, 1.54) is 0 Å². The predicted molar refractivity (Wildman–Crippen MR) is 31.3 cm³/mol. The fourth-order valence-corrected chi connectivity index (χ4v) is 0.712. The summed E-state index contributed by atoms with van der Waals surface area (Å²) in [6, 6.07) is 0. The van der Waals surface area contributed by atoms with Crippen molar-refractivity contribution in [1.82, 2.24) is 0 Å². The smallest absolute Gasteiger partial charge is 0.304 e. The Kier molecular flexibility index (Phi) is 1.60. The van der Waals surface area contributed by atoms with Crippen LogP contribution in [0.3, 0.4) is 0 Å². The topological polar surface area (TPSA) is 26.0 Å². The Balaban J connectivity index is 4.58. The normalized spacial score (nSPS) is 20.6. The molecule has 0 saturated carbocycles. The van der Waals surface area contributed by atoms with Crippen LogP contribution in [-0.4, -0.2) is 6.54 Å². The molecule has 0 unspecified atom stereocenters. The number of nitrogens with two attached hydrogens (primary N) is 1. The zero-order valence-corrected chi connectivity index (χ0v) is 5.55. The highest BCUT2D eigenvalue weighted by Gasteiger charge is 2.60. The lowest BCUT2D eigenvalue weighted by molar-refractivity contribution is 0.384. The van der Waals surface area contributed by atoms with Gasteiger partial charge in [0.1, 0.15) is 0 Å². The first-order chi connectivity index (χ1) is 4.04. The van der Waals surface area contributed by atoms with Crippen LogP contribution in [0.15, 0.2) is 11.5 Å². The molecule has 0 atom stereocenters. The van der Waals surface area contributed by atoms with E-state index >= 15 is 0 Å². The standard InChI is InChI=1S/C3H6F5NS/c4-10(5,6,7,8)3-1-2-9/h1,3H,2,9H2/b3-1+. The molecule has 0 saturated heterocycles. The Hall–Kier alpha value is -0.300. The number of hydrogen-bond acceptors (Lipinski definition) is 1. The van der Waals surface area contributed by atoms with E-state index in [1.807, 2.05) is 0 Å². The van der Waals surface area contributed by atoms with Gasteiger partial charge in [0.25, 0.3) is 0 Å². The lowest BCUT2D eigenvalue weighted by Gasteiger charge is -2.36. The van der Waals surface area contributed by atoms with E-state index in [4.69, 9.17) is 0 Å². The van der Waals surface area contributed by atoms with Crippen molar-refractivity contribution in [2.24, 2.45) is 5.73 Å². The average Bonchev–Trinajstić information content (AvgIpc) is 1.55. The Bertz CT molecular complexity index is 153. The molecule has 0 rings (SSSR count). The molecular formula is C3H6F5NS. The summed E-state index contributed by atoms with van der Waals surface area (Å²) >= 11 is 0. The molecule has 0 aliphatic heterocycles. The summed E-state index contributed by atoms with van der Waals surface area (Å²) in [6.45, 7) is -0.550.